The highest BCUT2D eigenvalue weighted by atomic mass is 32.2. The van der Waals surface area contributed by atoms with Crippen LogP contribution in [0.15, 0.2) is 18.2 Å². The second-order valence-electron chi connectivity index (χ2n) is 5.15. The van der Waals surface area contributed by atoms with E-state index in [1.165, 1.54) is 0 Å². The summed E-state index contributed by atoms with van der Waals surface area (Å²) >= 11 is 0. The van der Waals surface area contributed by atoms with E-state index in [9.17, 15) is 13.2 Å². The molecule has 3 rings (SSSR count). The summed E-state index contributed by atoms with van der Waals surface area (Å²) in [4.78, 5) is 11.9. The van der Waals surface area contributed by atoms with E-state index in [1.54, 1.807) is 18.2 Å². The molecule has 114 valence electrons. The molecular formula is C14H16O6S. The van der Waals surface area contributed by atoms with Gasteiger partial charge in [-0.15, -0.1) is 0 Å². The fourth-order valence-electron chi connectivity index (χ4n) is 2.50. The van der Waals surface area contributed by atoms with Crippen molar-refractivity contribution in [2.24, 2.45) is 5.92 Å². The number of carbonyl (C=O) groups is 1. The van der Waals surface area contributed by atoms with Crippen LogP contribution in [0.4, 0.5) is 0 Å². The molecule has 1 fully saturated rings. The molecule has 1 aromatic carbocycles. The zero-order valence-corrected chi connectivity index (χ0v) is 12.2. The van der Waals surface area contributed by atoms with Crippen LogP contribution in [0, 0.1) is 5.92 Å². The minimum Gasteiger partial charge on any atom is -0.486 e. The Bertz CT molecular complexity index is 651. The van der Waals surface area contributed by atoms with E-state index in [4.69, 9.17) is 14.2 Å². The minimum atomic E-state index is -3.08. The van der Waals surface area contributed by atoms with E-state index < -0.39 is 21.7 Å². The van der Waals surface area contributed by atoms with Gasteiger partial charge in [-0.05, 0) is 12.5 Å². The summed E-state index contributed by atoms with van der Waals surface area (Å²) in [5.41, 5.74) is 0.724. The summed E-state index contributed by atoms with van der Waals surface area (Å²) in [6, 6.07) is 5.40. The lowest BCUT2D eigenvalue weighted by Crippen LogP contribution is -2.20. The van der Waals surface area contributed by atoms with Crippen molar-refractivity contribution in [2.45, 2.75) is 13.0 Å². The lowest BCUT2D eigenvalue weighted by atomic mass is 10.1. The normalized spacial score (nSPS) is 22.8. The lowest BCUT2D eigenvalue weighted by Gasteiger charge is -2.21. The van der Waals surface area contributed by atoms with Crippen molar-refractivity contribution in [1.82, 2.24) is 0 Å². The first-order valence-electron chi connectivity index (χ1n) is 6.80. The van der Waals surface area contributed by atoms with Gasteiger partial charge in [0.25, 0.3) is 0 Å². The number of esters is 1. The van der Waals surface area contributed by atoms with Crippen molar-refractivity contribution in [1.29, 1.82) is 0 Å². The Morgan fingerprint density at radius 3 is 2.86 bits per heavy atom. The van der Waals surface area contributed by atoms with Gasteiger partial charge in [-0.25, -0.2) is 8.42 Å². The molecule has 0 amide bonds. The molecule has 0 N–H and O–H groups in total. The van der Waals surface area contributed by atoms with Crippen LogP contribution in [0.25, 0.3) is 0 Å². The predicted octanol–water partition coefficient (Wildman–Crippen LogP) is 0.936. The first-order valence-corrected chi connectivity index (χ1v) is 8.62. The van der Waals surface area contributed by atoms with Crippen LogP contribution in [-0.4, -0.2) is 39.1 Å². The molecule has 21 heavy (non-hydrogen) atoms. The summed E-state index contributed by atoms with van der Waals surface area (Å²) < 4.78 is 39.0. The highest BCUT2D eigenvalue weighted by Crippen LogP contribution is 2.34. The molecule has 0 spiro atoms. The van der Waals surface area contributed by atoms with Crippen molar-refractivity contribution < 1.29 is 27.4 Å². The summed E-state index contributed by atoms with van der Waals surface area (Å²) in [6.07, 6.45) is 0.341. The molecule has 7 heteroatoms. The number of sulfone groups is 1. The maximum Gasteiger partial charge on any atom is 0.310 e. The lowest BCUT2D eigenvalue weighted by molar-refractivity contribution is -0.149. The average Bonchev–Trinajstić information content (AvgIpc) is 2.85. The third-order valence-corrected chi connectivity index (χ3v) is 5.35. The van der Waals surface area contributed by atoms with Crippen LogP contribution in [0.1, 0.15) is 12.0 Å². The van der Waals surface area contributed by atoms with Gasteiger partial charge >= 0.3 is 5.97 Å². The number of fused-ring (bicyclic) bond motifs is 1. The van der Waals surface area contributed by atoms with Gasteiger partial charge in [0.05, 0.1) is 17.4 Å². The van der Waals surface area contributed by atoms with E-state index >= 15 is 0 Å². The Kier molecular flexibility index (Phi) is 3.75. The highest BCUT2D eigenvalue weighted by Gasteiger charge is 2.34. The van der Waals surface area contributed by atoms with Crippen molar-refractivity contribution in [2.75, 3.05) is 24.7 Å². The molecule has 0 saturated carbocycles. The topological polar surface area (TPSA) is 78.9 Å². The maximum absolute atomic E-state index is 11.9. The molecule has 1 atom stereocenters. The Morgan fingerprint density at radius 1 is 1.29 bits per heavy atom. The number of hydrogen-bond acceptors (Lipinski definition) is 6. The van der Waals surface area contributed by atoms with Crippen molar-refractivity contribution >= 4 is 15.8 Å². The van der Waals surface area contributed by atoms with Crippen LogP contribution < -0.4 is 9.47 Å². The summed E-state index contributed by atoms with van der Waals surface area (Å²) in [7, 11) is -3.08. The summed E-state index contributed by atoms with van der Waals surface area (Å²) in [5, 5.41) is 0. The Balaban J connectivity index is 1.64. The average molecular weight is 312 g/mol. The van der Waals surface area contributed by atoms with Gasteiger partial charge in [0.2, 0.25) is 0 Å². The van der Waals surface area contributed by atoms with Crippen molar-refractivity contribution in [3.63, 3.8) is 0 Å². The molecule has 6 nitrogen and oxygen atoms in total. The van der Waals surface area contributed by atoms with Crippen LogP contribution in [0.2, 0.25) is 0 Å². The van der Waals surface area contributed by atoms with Gasteiger partial charge in [0.15, 0.2) is 21.3 Å². The number of carbonyl (C=O) groups excluding carboxylic acids is 1. The van der Waals surface area contributed by atoms with Gasteiger partial charge in [0.1, 0.15) is 19.8 Å². The zero-order valence-electron chi connectivity index (χ0n) is 11.4. The third kappa shape index (κ3) is 3.12. The Labute approximate surface area is 122 Å². The molecule has 0 bridgehead atoms. The quantitative estimate of drug-likeness (QED) is 0.773. The van der Waals surface area contributed by atoms with E-state index in [0.29, 0.717) is 31.1 Å². The molecule has 0 unspecified atom stereocenters. The number of rotatable bonds is 3. The molecule has 2 heterocycles. The highest BCUT2D eigenvalue weighted by molar-refractivity contribution is 7.91. The molecule has 0 aromatic heterocycles. The van der Waals surface area contributed by atoms with Crippen LogP contribution in [-0.2, 0) is 26.0 Å². The van der Waals surface area contributed by atoms with Gasteiger partial charge in [-0.3, -0.25) is 4.79 Å². The predicted molar refractivity (Wildman–Crippen MR) is 74.0 cm³/mol. The third-order valence-electron chi connectivity index (χ3n) is 3.58. The van der Waals surface area contributed by atoms with E-state index in [-0.39, 0.29) is 18.1 Å². The number of benzene rings is 1. The van der Waals surface area contributed by atoms with Crippen LogP contribution in [0.5, 0.6) is 11.5 Å². The largest absolute Gasteiger partial charge is 0.486 e. The second kappa shape index (κ2) is 5.55. The van der Waals surface area contributed by atoms with E-state index in [1.807, 2.05) is 0 Å². The molecular weight excluding hydrogens is 296 g/mol. The first-order chi connectivity index (χ1) is 10.1. The summed E-state index contributed by atoms with van der Waals surface area (Å²) in [6.45, 7) is 1.01. The smallest absolute Gasteiger partial charge is 0.310 e. The molecule has 1 aromatic rings. The fourth-order valence-corrected chi connectivity index (χ4v) is 4.22. The fraction of sp³-hybridized carbons (Fsp3) is 0.500. The van der Waals surface area contributed by atoms with Gasteiger partial charge < -0.3 is 14.2 Å². The molecule has 2 aliphatic heterocycles. The van der Waals surface area contributed by atoms with Crippen molar-refractivity contribution in [3.05, 3.63) is 23.8 Å². The second-order valence-corrected chi connectivity index (χ2v) is 7.38. The monoisotopic (exact) mass is 312 g/mol. The Hall–Kier alpha value is -1.76. The summed E-state index contributed by atoms with van der Waals surface area (Å²) in [5.74, 6) is 0.161. The van der Waals surface area contributed by atoms with Crippen LogP contribution >= 0.6 is 0 Å². The van der Waals surface area contributed by atoms with E-state index in [0.717, 1.165) is 5.56 Å². The molecule has 2 aliphatic rings. The van der Waals surface area contributed by atoms with Gasteiger partial charge in [0, 0.05) is 5.56 Å². The SMILES string of the molecule is O=C(OCc1cccc2c1OCCO2)[C@H]1CCS(=O)(=O)C1. The van der Waals surface area contributed by atoms with Crippen molar-refractivity contribution in [3.8, 4) is 11.5 Å². The standard InChI is InChI=1S/C14H16O6S/c15-14(11-4-7-21(16,17)9-11)20-8-10-2-1-3-12-13(10)19-6-5-18-12/h1-3,11H,4-9H2/t11-/m0/s1. The van der Waals surface area contributed by atoms with E-state index in [2.05, 4.69) is 0 Å². The minimum absolute atomic E-state index is 0.0575. The number of para-hydroxylation sites is 1. The zero-order chi connectivity index (χ0) is 14.9. The maximum atomic E-state index is 11.9. The molecule has 1 saturated heterocycles. The number of ether oxygens (including phenoxy) is 3. The van der Waals surface area contributed by atoms with Gasteiger partial charge in [-0.2, -0.15) is 0 Å². The van der Waals surface area contributed by atoms with Gasteiger partial charge in [-0.1, -0.05) is 12.1 Å². The number of hydrogen-bond donors (Lipinski definition) is 0. The van der Waals surface area contributed by atoms with Crippen LogP contribution in [0.3, 0.4) is 0 Å². The first kappa shape index (κ1) is 14.2. The molecule has 0 aliphatic carbocycles. The Morgan fingerprint density at radius 2 is 2.10 bits per heavy atom. The molecule has 0 radical (unpaired) electrons.